The van der Waals surface area contributed by atoms with Crippen LogP contribution in [-0.4, -0.2) is 44.9 Å². The van der Waals surface area contributed by atoms with Crippen LogP contribution in [0.15, 0.2) is 0 Å². The summed E-state index contributed by atoms with van der Waals surface area (Å²) in [6, 6.07) is 0.384. The van der Waals surface area contributed by atoms with E-state index in [0.717, 1.165) is 38.8 Å². The van der Waals surface area contributed by atoms with Gasteiger partial charge in [-0.05, 0) is 37.8 Å². The van der Waals surface area contributed by atoms with E-state index in [1.165, 1.54) is 6.42 Å². The third-order valence-electron chi connectivity index (χ3n) is 4.84. The van der Waals surface area contributed by atoms with Crippen LogP contribution in [-0.2, 0) is 10.2 Å². The fraction of sp³-hybridized carbons (Fsp3) is 1.00. The maximum atomic E-state index is 12.3. The lowest BCUT2D eigenvalue weighted by molar-refractivity contribution is 0.282. The predicted octanol–water partition coefficient (Wildman–Crippen LogP) is 0.725. The first kappa shape index (κ1) is 15.5. The number of piperidine rings is 1. The monoisotopic (exact) mass is 309 g/mol. The number of rotatable bonds is 4. The Morgan fingerprint density at radius 2 is 1.68 bits per heavy atom. The van der Waals surface area contributed by atoms with E-state index < -0.39 is 10.2 Å². The van der Waals surface area contributed by atoms with Crippen LogP contribution in [0.4, 0.5) is 0 Å². The number of hydrogen-bond donors (Lipinski definition) is 2. The zero-order valence-electron chi connectivity index (χ0n) is 11.3. The van der Waals surface area contributed by atoms with Crippen LogP contribution < -0.4 is 10.0 Å². The van der Waals surface area contributed by atoms with Crippen molar-refractivity contribution in [2.24, 2.45) is 11.8 Å². The van der Waals surface area contributed by atoms with E-state index in [1.807, 2.05) is 0 Å². The highest BCUT2D eigenvalue weighted by atomic mass is 35.5. The first-order valence-corrected chi connectivity index (χ1v) is 8.49. The molecule has 2 unspecified atom stereocenters. The van der Waals surface area contributed by atoms with E-state index in [9.17, 15) is 8.42 Å². The zero-order valence-corrected chi connectivity index (χ0v) is 13.0. The van der Waals surface area contributed by atoms with Crippen molar-refractivity contribution in [3.8, 4) is 0 Å². The highest BCUT2D eigenvalue weighted by molar-refractivity contribution is 7.87. The molecule has 0 aromatic heterocycles. The van der Waals surface area contributed by atoms with E-state index >= 15 is 0 Å². The molecule has 3 rings (SSSR count). The van der Waals surface area contributed by atoms with Gasteiger partial charge in [0.05, 0.1) is 0 Å². The number of halogens is 1. The van der Waals surface area contributed by atoms with E-state index in [-0.39, 0.29) is 24.5 Å². The lowest BCUT2D eigenvalue weighted by Gasteiger charge is -2.30. The second kappa shape index (κ2) is 5.85. The SMILES string of the molecule is CN(C1CCCCC1)S(=O)(=O)NC1C2CNCC21.Cl. The van der Waals surface area contributed by atoms with E-state index in [4.69, 9.17) is 0 Å². The Morgan fingerprint density at radius 3 is 2.26 bits per heavy atom. The highest BCUT2D eigenvalue weighted by Crippen LogP contribution is 2.42. The average molecular weight is 310 g/mol. The number of nitrogens with zero attached hydrogens (tertiary/aromatic N) is 1. The zero-order chi connectivity index (χ0) is 12.8. The molecule has 1 aliphatic heterocycles. The van der Waals surface area contributed by atoms with Gasteiger partial charge in [0.1, 0.15) is 0 Å². The normalized spacial score (nSPS) is 34.9. The number of fused-ring (bicyclic) bond motifs is 1. The minimum Gasteiger partial charge on any atom is -0.316 e. The summed E-state index contributed by atoms with van der Waals surface area (Å²) in [5.41, 5.74) is 0. The summed E-state index contributed by atoms with van der Waals surface area (Å²) in [7, 11) is -1.55. The van der Waals surface area contributed by atoms with Crippen LogP contribution >= 0.6 is 12.4 Å². The summed E-state index contributed by atoms with van der Waals surface area (Å²) < 4.78 is 29.1. The van der Waals surface area contributed by atoms with Crippen molar-refractivity contribution in [2.45, 2.75) is 44.2 Å². The van der Waals surface area contributed by atoms with Gasteiger partial charge in [0.2, 0.25) is 0 Å². The van der Waals surface area contributed by atoms with E-state index in [1.54, 1.807) is 11.4 Å². The van der Waals surface area contributed by atoms with Crippen LogP contribution in [0.5, 0.6) is 0 Å². The molecule has 1 saturated heterocycles. The Labute approximate surface area is 122 Å². The summed E-state index contributed by atoms with van der Waals surface area (Å²) in [5.74, 6) is 1.05. The van der Waals surface area contributed by atoms with Crippen molar-refractivity contribution in [3.63, 3.8) is 0 Å². The van der Waals surface area contributed by atoms with Gasteiger partial charge in [-0.15, -0.1) is 12.4 Å². The van der Waals surface area contributed by atoms with Gasteiger partial charge in [-0.1, -0.05) is 19.3 Å². The second-order valence-electron chi connectivity index (χ2n) is 5.94. The molecule has 2 atom stereocenters. The standard InChI is InChI=1S/C12H23N3O2S.ClH/c1-15(9-5-3-2-4-6-9)18(16,17)14-12-10-7-13-8-11(10)12;/h9-14H,2-8H2,1H3;1H. The predicted molar refractivity (Wildman–Crippen MR) is 77.6 cm³/mol. The minimum absolute atomic E-state index is 0. The lowest BCUT2D eigenvalue weighted by Crippen LogP contribution is -2.46. The van der Waals surface area contributed by atoms with Crippen molar-refractivity contribution in [1.29, 1.82) is 0 Å². The third kappa shape index (κ3) is 3.08. The number of nitrogens with one attached hydrogen (secondary N) is 2. The van der Waals surface area contributed by atoms with E-state index in [0.29, 0.717) is 11.8 Å². The Morgan fingerprint density at radius 1 is 1.11 bits per heavy atom. The van der Waals surface area contributed by atoms with Gasteiger partial charge in [-0.25, -0.2) is 0 Å². The van der Waals surface area contributed by atoms with Crippen LogP contribution in [0, 0.1) is 11.8 Å². The lowest BCUT2D eigenvalue weighted by atomic mass is 9.96. The van der Waals surface area contributed by atoms with Gasteiger partial charge in [-0.3, -0.25) is 0 Å². The molecule has 2 saturated carbocycles. The fourth-order valence-corrected chi connectivity index (χ4v) is 4.95. The van der Waals surface area contributed by atoms with Gasteiger partial charge >= 0.3 is 0 Å². The Balaban J connectivity index is 0.00000133. The topological polar surface area (TPSA) is 61.4 Å². The molecule has 0 bridgehead atoms. The first-order chi connectivity index (χ1) is 8.59. The maximum Gasteiger partial charge on any atom is 0.279 e. The molecular weight excluding hydrogens is 286 g/mol. The van der Waals surface area contributed by atoms with E-state index in [2.05, 4.69) is 10.0 Å². The molecule has 0 radical (unpaired) electrons. The molecule has 7 heteroatoms. The average Bonchev–Trinajstić information content (AvgIpc) is 2.80. The molecule has 3 fully saturated rings. The molecule has 3 aliphatic rings. The summed E-state index contributed by atoms with van der Waals surface area (Å²) in [6.07, 6.45) is 5.58. The molecule has 19 heavy (non-hydrogen) atoms. The Kier molecular flexibility index (Phi) is 4.78. The second-order valence-corrected chi connectivity index (χ2v) is 7.70. The summed E-state index contributed by atoms with van der Waals surface area (Å²) in [5, 5.41) is 3.28. The van der Waals surface area contributed by atoms with Crippen LogP contribution in [0.1, 0.15) is 32.1 Å². The number of hydrogen-bond acceptors (Lipinski definition) is 3. The van der Waals surface area contributed by atoms with Gasteiger partial charge in [0.25, 0.3) is 10.2 Å². The van der Waals surface area contributed by atoms with Gasteiger partial charge in [0.15, 0.2) is 0 Å². The minimum atomic E-state index is -3.28. The molecule has 1 heterocycles. The first-order valence-electron chi connectivity index (χ1n) is 7.05. The van der Waals surface area contributed by atoms with Gasteiger partial charge in [0, 0.05) is 19.1 Å². The molecule has 5 nitrogen and oxygen atoms in total. The van der Waals surface area contributed by atoms with Crippen molar-refractivity contribution < 1.29 is 8.42 Å². The molecular formula is C12H24ClN3O2S. The fourth-order valence-electron chi connectivity index (χ4n) is 3.49. The summed E-state index contributed by atoms with van der Waals surface area (Å²) in [4.78, 5) is 0. The highest BCUT2D eigenvalue weighted by Gasteiger charge is 2.54. The molecule has 112 valence electrons. The Hall–Kier alpha value is 0.120. The summed E-state index contributed by atoms with van der Waals surface area (Å²) >= 11 is 0. The van der Waals surface area contributed by atoms with Crippen molar-refractivity contribution >= 4 is 22.6 Å². The maximum absolute atomic E-state index is 12.3. The smallest absolute Gasteiger partial charge is 0.279 e. The van der Waals surface area contributed by atoms with Crippen LogP contribution in [0.3, 0.4) is 0 Å². The Bertz CT molecular complexity index is 401. The molecule has 0 spiro atoms. The van der Waals surface area contributed by atoms with Gasteiger partial charge in [-0.2, -0.15) is 17.4 Å². The third-order valence-corrected chi connectivity index (χ3v) is 6.47. The molecule has 2 aliphatic carbocycles. The van der Waals surface area contributed by atoms with Crippen LogP contribution in [0.2, 0.25) is 0 Å². The summed E-state index contributed by atoms with van der Waals surface area (Å²) in [6.45, 7) is 1.93. The quantitative estimate of drug-likeness (QED) is 0.804. The van der Waals surface area contributed by atoms with Crippen molar-refractivity contribution in [1.82, 2.24) is 14.3 Å². The van der Waals surface area contributed by atoms with Crippen molar-refractivity contribution in [3.05, 3.63) is 0 Å². The molecule has 0 aromatic rings. The van der Waals surface area contributed by atoms with Crippen molar-refractivity contribution in [2.75, 3.05) is 20.1 Å². The van der Waals surface area contributed by atoms with Gasteiger partial charge < -0.3 is 5.32 Å². The van der Waals surface area contributed by atoms with Crippen LogP contribution in [0.25, 0.3) is 0 Å². The molecule has 0 aromatic carbocycles. The molecule has 2 N–H and O–H groups in total. The largest absolute Gasteiger partial charge is 0.316 e. The molecule has 0 amide bonds.